The van der Waals surface area contributed by atoms with Gasteiger partial charge in [0.05, 0.1) is 0 Å². The maximum Gasteiger partial charge on any atom is 0.317 e. The van der Waals surface area contributed by atoms with Crippen LogP contribution in [0.3, 0.4) is 0 Å². The second kappa shape index (κ2) is 8.13. The minimum absolute atomic E-state index is 0.0670. The zero-order valence-electron chi connectivity index (χ0n) is 16.1. The Bertz CT molecular complexity index is 727. The molecule has 6 heteroatoms. The molecule has 1 aromatic carbocycles. The number of carbonyl (C=O) groups excluding carboxylic acids is 1. The first-order chi connectivity index (χ1) is 13.2. The van der Waals surface area contributed by atoms with Gasteiger partial charge >= 0.3 is 6.03 Å². The summed E-state index contributed by atoms with van der Waals surface area (Å²) in [6, 6.07) is 11.5. The summed E-state index contributed by atoms with van der Waals surface area (Å²) in [6.45, 7) is 6.44. The van der Waals surface area contributed by atoms with Crippen LogP contribution in [0.15, 0.2) is 42.7 Å². The van der Waals surface area contributed by atoms with Crippen molar-refractivity contribution < 1.29 is 4.79 Å². The van der Waals surface area contributed by atoms with E-state index in [1.54, 1.807) is 6.20 Å². The van der Waals surface area contributed by atoms with E-state index in [-0.39, 0.29) is 12.1 Å². The molecule has 0 unspecified atom stereocenters. The van der Waals surface area contributed by atoms with Crippen LogP contribution in [0.1, 0.15) is 24.5 Å². The zero-order chi connectivity index (χ0) is 18.6. The number of fused-ring (bicyclic) bond motifs is 1. The molecule has 2 aromatic rings. The molecule has 1 aliphatic carbocycles. The summed E-state index contributed by atoms with van der Waals surface area (Å²) in [4.78, 5) is 17.1. The summed E-state index contributed by atoms with van der Waals surface area (Å²) < 4.78 is 1.90. The standard InChI is InChI=1S/C21H29N5O/c1-17(7-10-26-9-4-8-22-26)23-21(27)25-13-11-24(12-14-25)20-15-18-5-2-3-6-19(18)16-20/h2-6,8-9,17,20H,7,10-16H2,1H3,(H,23,27)/t17-/m1/s1. The van der Waals surface area contributed by atoms with E-state index >= 15 is 0 Å². The third-order valence-electron chi connectivity index (χ3n) is 5.87. The van der Waals surface area contributed by atoms with Crippen LogP contribution in [0.25, 0.3) is 0 Å². The highest BCUT2D eigenvalue weighted by Gasteiger charge is 2.30. The van der Waals surface area contributed by atoms with E-state index in [0.717, 1.165) is 52.0 Å². The predicted octanol–water partition coefficient (Wildman–Crippen LogP) is 2.16. The maximum atomic E-state index is 12.6. The summed E-state index contributed by atoms with van der Waals surface area (Å²) in [5.41, 5.74) is 2.99. The summed E-state index contributed by atoms with van der Waals surface area (Å²) in [5.74, 6) is 0. The highest BCUT2D eigenvalue weighted by Crippen LogP contribution is 2.26. The van der Waals surface area contributed by atoms with Gasteiger partial charge in [0, 0.05) is 57.2 Å². The number of carbonyl (C=O) groups is 1. The van der Waals surface area contributed by atoms with Crippen molar-refractivity contribution >= 4 is 6.03 Å². The van der Waals surface area contributed by atoms with E-state index < -0.39 is 0 Å². The van der Waals surface area contributed by atoms with Crippen molar-refractivity contribution in [2.24, 2.45) is 0 Å². The number of piperazine rings is 1. The van der Waals surface area contributed by atoms with Gasteiger partial charge in [0.1, 0.15) is 0 Å². The van der Waals surface area contributed by atoms with E-state index in [2.05, 4.69) is 46.5 Å². The molecule has 2 heterocycles. The van der Waals surface area contributed by atoms with Crippen molar-refractivity contribution in [3.05, 3.63) is 53.9 Å². The average Bonchev–Trinajstić information content (AvgIpc) is 3.36. The topological polar surface area (TPSA) is 53.4 Å². The lowest BCUT2D eigenvalue weighted by Gasteiger charge is -2.38. The summed E-state index contributed by atoms with van der Waals surface area (Å²) in [7, 11) is 0. The molecule has 2 aliphatic rings. The van der Waals surface area contributed by atoms with Crippen LogP contribution in [0.4, 0.5) is 4.79 Å². The first kappa shape index (κ1) is 18.0. The Morgan fingerprint density at radius 2 is 1.85 bits per heavy atom. The lowest BCUT2D eigenvalue weighted by molar-refractivity contribution is 0.109. The Hall–Kier alpha value is -2.34. The fourth-order valence-electron chi connectivity index (χ4n) is 4.22. The van der Waals surface area contributed by atoms with Crippen molar-refractivity contribution in [3.8, 4) is 0 Å². The SMILES string of the molecule is C[C@H](CCn1cccn1)NC(=O)N1CCN(C2Cc3ccccc3C2)CC1. The van der Waals surface area contributed by atoms with Crippen LogP contribution in [-0.4, -0.2) is 63.9 Å². The van der Waals surface area contributed by atoms with Crippen molar-refractivity contribution in [3.63, 3.8) is 0 Å². The number of rotatable bonds is 5. The third kappa shape index (κ3) is 4.33. The first-order valence-corrected chi connectivity index (χ1v) is 10.0. The Labute approximate surface area is 161 Å². The van der Waals surface area contributed by atoms with Crippen LogP contribution in [-0.2, 0) is 19.4 Å². The van der Waals surface area contributed by atoms with Crippen LogP contribution in [0.5, 0.6) is 0 Å². The van der Waals surface area contributed by atoms with Gasteiger partial charge in [-0.25, -0.2) is 4.79 Å². The second-order valence-electron chi connectivity index (χ2n) is 7.76. The normalized spacial score (nSPS) is 19.1. The van der Waals surface area contributed by atoms with E-state index in [1.165, 1.54) is 11.1 Å². The molecule has 1 aliphatic heterocycles. The highest BCUT2D eigenvalue weighted by atomic mass is 16.2. The third-order valence-corrected chi connectivity index (χ3v) is 5.87. The van der Waals surface area contributed by atoms with Gasteiger partial charge in [-0.1, -0.05) is 24.3 Å². The number of aryl methyl sites for hydroxylation is 1. The minimum Gasteiger partial charge on any atom is -0.335 e. The van der Waals surface area contributed by atoms with Gasteiger partial charge in [-0.05, 0) is 43.4 Å². The van der Waals surface area contributed by atoms with Crippen molar-refractivity contribution in [2.45, 2.75) is 44.8 Å². The van der Waals surface area contributed by atoms with Crippen molar-refractivity contribution in [2.75, 3.05) is 26.2 Å². The maximum absolute atomic E-state index is 12.6. The van der Waals surface area contributed by atoms with Crippen LogP contribution in [0.2, 0.25) is 0 Å². The molecule has 1 fully saturated rings. The molecule has 2 amide bonds. The Morgan fingerprint density at radius 1 is 1.15 bits per heavy atom. The molecular formula is C21H29N5O. The number of amides is 2. The van der Waals surface area contributed by atoms with Gasteiger partial charge < -0.3 is 10.2 Å². The minimum atomic E-state index is 0.0670. The highest BCUT2D eigenvalue weighted by molar-refractivity contribution is 5.74. The van der Waals surface area contributed by atoms with Gasteiger partial charge in [-0.2, -0.15) is 5.10 Å². The van der Waals surface area contributed by atoms with E-state index in [9.17, 15) is 4.79 Å². The number of aromatic nitrogens is 2. The van der Waals surface area contributed by atoms with E-state index in [4.69, 9.17) is 0 Å². The summed E-state index contributed by atoms with van der Waals surface area (Å²) in [5, 5.41) is 7.34. The van der Waals surface area contributed by atoms with Gasteiger partial charge in [0.15, 0.2) is 0 Å². The monoisotopic (exact) mass is 367 g/mol. The second-order valence-corrected chi connectivity index (χ2v) is 7.76. The molecule has 27 heavy (non-hydrogen) atoms. The van der Waals surface area contributed by atoms with Crippen molar-refractivity contribution in [1.29, 1.82) is 0 Å². The van der Waals surface area contributed by atoms with Gasteiger partial charge in [-0.15, -0.1) is 0 Å². The van der Waals surface area contributed by atoms with E-state index in [0.29, 0.717) is 6.04 Å². The number of nitrogens with one attached hydrogen (secondary N) is 1. The van der Waals surface area contributed by atoms with Crippen LogP contribution >= 0.6 is 0 Å². The van der Waals surface area contributed by atoms with Gasteiger partial charge in [-0.3, -0.25) is 9.58 Å². The average molecular weight is 367 g/mol. The Balaban J connectivity index is 1.20. The Morgan fingerprint density at radius 3 is 2.48 bits per heavy atom. The van der Waals surface area contributed by atoms with Gasteiger partial charge in [0.2, 0.25) is 0 Å². The first-order valence-electron chi connectivity index (χ1n) is 10.0. The molecule has 1 saturated heterocycles. The molecule has 1 atom stereocenters. The molecule has 1 N–H and O–H groups in total. The number of nitrogens with zero attached hydrogens (tertiary/aromatic N) is 4. The molecule has 1 aromatic heterocycles. The molecule has 144 valence electrons. The lowest BCUT2D eigenvalue weighted by Crippen LogP contribution is -2.55. The summed E-state index contributed by atoms with van der Waals surface area (Å²) in [6.07, 6.45) is 6.91. The molecule has 0 saturated carbocycles. The molecular weight excluding hydrogens is 338 g/mol. The number of urea groups is 1. The van der Waals surface area contributed by atoms with Crippen LogP contribution in [0, 0.1) is 0 Å². The molecule has 0 radical (unpaired) electrons. The van der Waals surface area contributed by atoms with Crippen LogP contribution < -0.4 is 5.32 Å². The molecule has 0 spiro atoms. The summed E-state index contributed by atoms with van der Waals surface area (Å²) >= 11 is 0. The van der Waals surface area contributed by atoms with E-state index in [1.807, 2.05) is 21.8 Å². The smallest absolute Gasteiger partial charge is 0.317 e. The van der Waals surface area contributed by atoms with Gasteiger partial charge in [0.25, 0.3) is 0 Å². The Kier molecular flexibility index (Phi) is 5.43. The lowest BCUT2D eigenvalue weighted by atomic mass is 10.1. The largest absolute Gasteiger partial charge is 0.335 e. The molecule has 6 nitrogen and oxygen atoms in total. The fourth-order valence-corrected chi connectivity index (χ4v) is 4.22. The quantitative estimate of drug-likeness (QED) is 0.881. The predicted molar refractivity (Wildman–Crippen MR) is 106 cm³/mol. The number of benzene rings is 1. The molecule has 4 rings (SSSR count). The number of hydrogen-bond donors (Lipinski definition) is 1. The van der Waals surface area contributed by atoms with Crippen molar-refractivity contribution in [1.82, 2.24) is 24.9 Å². The zero-order valence-corrected chi connectivity index (χ0v) is 16.1. The molecule has 0 bridgehead atoms. The fraction of sp³-hybridized carbons (Fsp3) is 0.524. The number of hydrogen-bond acceptors (Lipinski definition) is 3.